The van der Waals surface area contributed by atoms with Crippen LogP contribution in [0.3, 0.4) is 0 Å². The van der Waals surface area contributed by atoms with Gasteiger partial charge in [-0.05, 0) is 46.5 Å². The molecule has 0 saturated heterocycles. The first kappa shape index (κ1) is 11.6. The zero-order chi connectivity index (χ0) is 11.5. The van der Waals surface area contributed by atoms with E-state index in [0.29, 0.717) is 6.42 Å². The van der Waals surface area contributed by atoms with Gasteiger partial charge in [0.25, 0.3) is 0 Å². The minimum atomic E-state index is -0.392. The average Bonchev–Trinajstić information content (AvgIpc) is 2.77. The maximum Gasteiger partial charge on any atom is 0.142 e. The van der Waals surface area contributed by atoms with E-state index < -0.39 is 5.82 Å². The minimum Gasteiger partial charge on any atom is -0.324 e. The maximum atomic E-state index is 13.2. The van der Waals surface area contributed by atoms with Crippen LogP contribution in [0, 0.1) is 5.82 Å². The van der Waals surface area contributed by atoms with Crippen molar-refractivity contribution in [2.24, 2.45) is 5.73 Å². The third kappa shape index (κ3) is 2.61. The molecule has 2 aromatic rings. The summed E-state index contributed by atoms with van der Waals surface area (Å²) in [7, 11) is 0. The Morgan fingerprint density at radius 1 is 1.38 bits per heavy atom. The van der Waals surface area contributed by atoms with Gasteiger partial charge in [-0.25, -0.2) is 4.39 Å². The normalized spacial score (nSPS) is 12.7. The molecule has 16 heavy (non-hydrogen) atoms. The first-order valence-corrected chi connectivity index (χ1v) is 6.20. The highest BCUT2D eigenvalue weighted by Gasteiger charge is 2.09. The van der Waals surface area contributed by atoms with Gasteiger partial charge in [0.15, 0.2) is 0 Å². The standard InChI is InChI=1S/C12H11ClFNS/c13-10-2-1-8(5-11(10)14)6-12(15)9-3-4-16-7-9/h1-5,7,12H,6,15H2. The van der Waals surface area contributed by atoms with Gasteiger partial charge in [0, 0.05) is 6.04 Å². The first-order chi connectivity index (χ1) is 7.66. The number of rotatable bonds is 3. The van der Waals surface area contributed by atoms with Crippen LogP contribution in [-0.2, 0) is 6.42 Å². The fourth-order valence-corrected chi connectivity index (χ4v) is 2.37. The van der Waals surface area contributed by atoms with E-state index in [1.54, 1.807) is 23.5 Å². The average molecular weight is 256 g/mol. The lowest BCUT2D eigenvalue weighted by atomic mass is 10.0. The van der Waals surface area contributed by atoms with Crippen molar-refractivity contribution in [2.45, 2.75) is 12.5 Å². The molecule has 0 aliphatic heterocycles. The van der Waals surface area contributed by atoms with Gasteiger partial charge in [0.1, 0.15) is 5.82 Å². The zero-order valence-corrected chi connectivity index (χ0v) is 10.1. The Balaban J connectivity index is 2.12. The molecule has 1 heterocycles. The molecule has 0 bridgehead atoms. The van der Waals surface area contributed by atoms with E-state index in [0.717, 1.165) is 11.1 Å². The van der Waals surface area contributed by atoms with E-state index >= 15 is 0 Å². The van der Waals surface area contributed by atoms with Gasteiger partial charge < -0.3 is 5.73 Å². The molecule has 0 aliphatic carbocycles. The smallest absolute Gasteiger partial charge is 0.142 e. The third-order valence-corrected chi connectivity index (χ3v) is 3.42. The highest BCUT2D eigenvalue weighted by Crippen LogP contribution is 2.21. The Morgan fingerprint density at radius 2 is 2.19 bits per heavy atom. The van der Waals surface area contributed by atoms with Crippen LogP contribution in [0.5, 0.6) is 0 Å². The monoisotopic (exact) mass is 255 g/mol. The summed E-state index contributed by atoms with van der Waals surface area (Å²) < 4.78 is 13.2. The lowest BCUT2D eigenvalue weighted by Crippen LogP contribution is -2.12. The number of thiophene rings is 1. The molecule has 0 spiro atoms. The second-order valence-corrected chi connectivity index (χ2v) is 4.80. The highest BCUT2D eigenvalue weighted by atomic mass is 35.5. The van der Waals surface area contributed by atoms with E-state index in [4.69, 9.17) is 17.3 Å². The Bertz CT molecular complexity index is 470. The van der Waals surface area contributed by atoms with Crippen molar-refractivity contribution in [3.8, 4) is 0 Å². The summed E-state index contributed by atoms with van der Waals surface area (Å²) in [5.41, 5.74) is 7.96. The summed E-state index contributed by atoms with van der Waals surface area (Å²) in [4.78, 5) is 0. The summed E-state index contributed by atoms with van der Waals surface area (Å²) in [6, 6.07) is 6.70. The molecule has 84 valence electrons. The van der Waals surface area contributed by atoms with Gasteiger partial charge in [0.2, 0.25) is 0 Å². The molecule has 1 atom stereocenters. The van der Waals surface area contributed by atoms with E-state index in [-0.39, 0.29) is 11.1 Å². The molecule has 0 amide bonds. The summed E-state index contributed by atoms with van der Waals surface area (Å²) in [6.45, 7) is 0. The van der Waals surface area contributed by atoms with Crippen molar-refractivity contribution in [3.05, 3.63) is 57.0 Å². The second kappa shape index (κ2) is 4.95. The second-order valence-electron chi connectivity index (χ2n) is 3.62. The number of nitrogens with two attached hydrogens (primary N) is 1. The van der Waals surface area contributed by atoms with E-state index in [1.807, 2.05) is 16.8 Å². The van der Waals surface area contributed by atoms with Crippen LogP contribution < -0.4 is 5.73 Å². The Labute approximate surface area is 103 Å². The zero-order valence-electron chi connectivity index (χ0n) is 8.49. The van der Waals surface area contributed by atoms with Crippen LogP contribution in [0.25, 0.3) is 0 Å². The largest absolute Gasteiger partial charge is 0.324 e. The summed E-state index contributed by atoms with van der Waals surface area (Å²) in [5.74, 6) is -0.392. The van der Waals surface area contributed by atoms with Gasteiger partial charge in [0.05, 0.1) is 5.02 Å². The van der Waals surface area contributed by atoms with Crippen LogP contribution >= 0.6 is 22.9 Å². The quantitative estimate of drug-likeness (QED) is 0.887. The Morgan fingerprint density at radius 3 is 2.81 bits per heavy atom. The van der Waals surface area contributed by atoms with Crippen LogP contribution in [0.2, 0.25) is 5.02 Å². The van der Waals surface area contributed by atoms with Crippen molar-refractivity contribution >= 4 is 22.9 Å². The first-order valence-electron chi connectivity index (χ1n) is 4.88. The number of halogens is 2. The fraction of sp³-hybridized carbons (Fsp3) is 0.167. The molecule has 1 aromatic heterocycles. The van der Waals surface area contributed by atoms with E-state index in [2.05, 4.69) is 0 Å². The lowest BCUT2D eigenvalue weighted by Gasteiger charge is -2.10. The molecule has 0 radical (unpaired) electrons. The van der Waals surface area contributed by atoms with Crippen LogP contribution in [-0.4, -0.2) is 0 Å². The summed E-state index contributed by atoms with van der Waals surface area (Å²) in [6.07, 6.45) is 0.616. The third-order valence-electron chi connectivity index (χ3n) is 2.41. The SMILES string of the molecule is NC(Cc1ccc(Cl)c(F)c1)c1ccsc1. The van der Waals surface area contributed by atoms with Gasteiger partial charge in [-0.15, -0.1) is 0 Å². The highest BCUT2D eigenvalue weighted by molar-refractivity contribution is 7.07. The van der Waals surface area contributed by atoms with Gasteiger partial charge in [-0.1, -0.05) is 17.7 Å². The van der Waals surface area contributed by atoms with E-state index in [1.165, 1.54) is 6.07 Å². The molecule has 1 unspecified atom stereocenters. The lowest BCUT2D eigenvalue weighted by molar-refractivity contribution is 0.622. The van der Waals surface area contributed by atoms with E-state index in [9.17, 15) is 4.39 Å². The molecule has 0 fully saturated rings. The molecule has 0 aliphatic rings. The Hall–Kier alpha value is -0.900. The van der Waals surface area contributed by atoms with Crippen molar-refractivity contribution in [3.63, 3.8) is 0 Å². The van der Waals surface area contributed by atoms with Gasteiger partial charge >= 0.3 is 0 Å². The molecule has 2 rings (SSSR count). The molecular formula is C12H11ClFNS. The molecule has 4 heteroatoms. The molecule has 0 saturated carbocycles. The van der Waals surface area contributed by atoms with Crippen LogP contribution in [0.1, 0.15) is 17.2 Å². The van der Waals surface area contributed by atoms with Crippen molar-refractivity contribution in [1.82, 2.24) is 0 Å². The minimum absolute atomic E-state index is 0.0909. The van der Waals surface area contributed by atoms with Crippen molar-refractivity contribution < 1.29 is 4.39 Å². The van der Waals surface area contributed by atoms with Gasteiger partial charge in [-0.3, -0.25) is 0 Å². The molecule has 2 N–H and O–H groups in total. The summed E-state index contributed by atoms with van der Waals surface area (Å²) >= 11 is 7.22. The Kier molecular flexibility index (Phi) is 3.59. The predicted molar refractivity (Wildman–Crippen MR) is 66.4 cm³/mol. The topological polar surface area (TPSA) is 26.0 Å². The van der Waals surface area contributed by atoms with Gasteiger partial charge in [-0.2, -0.15) is 11.3 Å². The number of hydrogen-bond acceptors (Lipinski definition) is 2. The molecular weight excluding hydrogens is 245 g/mol. The molecule has 1 nitrogen and oxygen atoms in total. The van der Waals surface area contributed by atoms with Crippen LogP contribution in [0.15, 0.2) is 35.0 Å². The van der Waals surface area contributed by atoms with Crippen molar-refractivity contribution in [2.75, 3.05) is 0 Å². The number of hydrogen-bond donors (Lipinski definition) is 1. The molecule has 1 aromatic carbocycles. The summed E-state index contributed by atoms with van der Waals surface area (Å²) in [5, 5.41) is 4.14. The predicted octanol–water partition coefficient (Wildman–Crippen LogP) is 3.78. The maximum absolute atomic E-state index is 13.2. The van der Waals surface area contributed by atoms with Crippen LogP contribution in [0.4, 0.5) is 4.39 Å². The number of benzene rings is 1. The van der Waals surface area contributed by atoms with Crippen molar-refractivity contribution in [1.29, 1.82) is 0 Å². The fourth-order valence-electron chi connectivity index (χ4n) is 1.52.